The Balaban J connectivity index is 1.93. The number of hydrogen-bond acceptors (Lipinski definition) is 4. The van der Waals surface area contributed by atoms with E-state index in [1.807, 2.05) is 12.1 Å². The van der Waals surface area contributed by atoms with Crippen LogP contribution in [0.4, 0.5) is 5.69 Å². The van der Waals surface area contributed by atoms with Gasteiger partial charge < -0.3 is 14.8 Å². The minimum atomic E-state index is -2.14. The zero-order valence-corrected chi connectivity index (χ0v) is 10.3. The lowest BCUT2D eigenvalue weighted by Crippen LogP contribution is -2.52. The van der Waals surface area contributed by atoms with Crippen molar-refractivity contribution in [2.45, 2.75) is 29.8 Å². The van der Waals surface area contributed by atoms with Crippen molar-refractivity contribution < 1.29 is 8.76 Å². The maximum atomic E-state index is 11.0. The smallest absolute Gasteiger partial charge is 0.0419 e. The fourth-order valence-corrected chi connectivity index (χ4v) is 3.35. The quantitative estimate of drug-likeness (QED) is 0.792. The first-order chi connectivity index (χ1) is 8.25. The number of hydrogen-bond donors (Lipinski definition) is 1. The normalized spacial score (nSPS) is 29.4. The zero-order chi connectivity index (χ0) is 11.8. The van der Waals surface area contributed by atoms with Gasteiger partial charge in [-0.05, 0) is 42.1 Å². The van der Waals surface area contributed by atoms with Gasteiger partial charge in [-0.25, -0.2) is 0 Å². The van der Waals surface area contributed by atoms with Gasteiger partial charge in [0.15, 0.2) is 0 Å². The molecule has 0 radical (unpaired) electrons. The second kappa shape index (κ2) is 4.40. The van der Waals surface area contributed by atoms with Crippen molar-refractivity contribution >= 4 is 16.8 Å². The van der Waals surface area contributed by atoms with Crippen LogP contribution in [0.15, 0.2) is 29.2 Å². The molecule has 2 fully saturated rings. The lowest BCUT2D eigenvalue weighted by molar-refractivity contribution is 0.484. The summed E-state index contributed by atoms with van der Waals surface area (Å²) in [6.07, 6.45) is 2.39. The highest BCUT2D eigenvalue weighted by atomic mass is 32.2. The van der Waals surface area contributed by atoms with E-state index in [-0.39, 0.29) is 0 Å². The first-order valence-corrected chi connectivity index (χ1v) is 7.01. The SMILES string of the molecule is O=S([O-])c1cccc(N2C3CCC2CNC3)c1. The van der Waals surface area contributed by atoms with Crippen molar-refractivity contribution in [3.05, 3.63) is 24.3 Å². The molecule has 0 spiro atoms. The Morgan fingerprint density at radius 2 is 2.00 bits per heavy atom. The molecule has 0 amide bonds. The fraction of sp³-hybridized carbons (Fsp3) is 0.500. The Hall–Kier alpha value is -0.910. The van der Waals surface area contributed by atoms with E-state index in [0.29, 0.717) is 17.0 Å². The van der Waals surface area contributed by atoms with Crippen LogP contribution in [0.1, 0.15) is 12.8 Å². The van der Waals surface area contributed by atoms with Crippen molar-refractivity contribution in [1.82, 2.24) is 5.32 Å². The Labute approximate surface area is 103 Å². The van der Waals surface area contributed by atoms with Crippen molar-refractivity contribution in [2.75, 3.05) is 18.0 Å². The van der Waals surface area contributed by atoms with Gasteiger partial charge in [0.1, 0.15) is 0 Å². The molecule has 3 unspecified atom stereocenters. The van der Waals surface area contributed by atoms with Crippen LogP contribution in [0.5, 0.6) is 0 Å². The Morgan fingerprint density at radius 3 is 2.65 bits per heavy atom. The molecule has 2 heterocycles. The van der Waals surface area contributed by atoms with Gasteiger partial charge in [0.05, 0.1) is 0 Å². The zero-order valence-electron chi connectivity index (χ0n) is 9.46. The molecule has 0 aliphatic carbocycles. The van der Waals surface area contributed by atoms with E-state index in [4.69, 9.17) is 0 Å². The summed E-state index contributed by atoms with van der Waals surface area (Å²) in [7, 11) is 0. The first-order valence-electron chi connectivity index (χ1n) is 5.94. The summed E-state index contributed by atoms with van der Waals surface area (Å²) in [5.74, 6) is 0. The van der Waals surface area contributed by atoms with Crippen LogP contribution in [0.2, 0.25) is 0 Å². The molecule has 1 N–H and O–H groups in total. The molecule has 4 nitrogen and oxygen atoms in total. The third-order valence-corrected chi connectivity index (χ3v) is 4.33. The molecular formula is C12H15N2O2S-. The highest BCUT2D eigenvalue weighted by Crippen LogP contribution is 2.32. The predicted molar refractivity (Wildman–Crippen MR) is 65.8 cm³/mol. The van der Waals surface area contributed by atoms with Crippen molar-refractivity contribution in [3.63, 3.8) is 0 Å². The third kappa shape index (κ3) is 1.99. The third-order valence-electron chi connectivity index (χ3n) is 3.69. The van der Waals surface area contributed by atoms with Crippen LogP contribution in [-0.2, 0) is 11.1 Å². The van der Waals surface area contributed by atoms with Crippen molar-refractivity contribution in [2.24, 2.45) is 0 Å². The Bertz CT molecular complexity index is 436. The van der Waals surface area contributed by atoms with Crippen molar-refractivity contribution in [3.8, 4) is 0 Å². The molecule has 3 rings (SSSR count). The van der Waals surface area contributed by atoms with E-state index in [9.17, 15) is 8.76 Å². The molecule has 2 aliphatic rings. The summed E-state index contributed by atoms with van der Waals surface area (Å²) in [6.45, 7) is 2.00. The van der Waals surface area contributed by atoms with Gasteiger partial charge in [-0.1, -0.05) is 6.07 Å². The maximum Gasteiger partial charge on any atom is 0.0419 e. The topological polar surface area (TPSA) is 55.4 Å². The summed E-state index contributed by atoms with van der Waals surface area (Å²) in [6, 6.07) is 8.28. The van der Waals surface area contributed by atoms with Crippen LogP contribution in [-0.4, -0.2) is 33.9 Å². The monoisotopic (exact) mass is 251 g/mol. The van der Waals surface area contributed by atoms with E-state index in [2.05, 4.69) is 10.2 Å². The van der Waals surface area contributed by atoms with Gasteiger partial charge in [0, 0.05) is 35.8 Å². The minimum Gasteiger partial charge on any atom is -0.768 e. The summed E-state index contributed by atoms with van der Waals surface area (Å²) < 4.78 is 22.0. The molecule has 92 valence electrons. The van der Waals surface area contributed by atoms with E-state index < -0.39 is 11.1 Å². The number of piperazine rings is 1. The average molecular weight is 251 g/mol. The predicted octanol–water partition coefficient (Wildman–Crippen LogP) is 0.865. The van der Waals surface area contributed by atoms with E-state index in [0.717, 1.165) is 18.8 Å². The molecule has 3 atom stereocenters. The number of nitrogens with one attached hydrogen (secondary N) is 1. The van der Waals surface area contributed by atoms with E-state index in [1.165, 1.54) is 12.8 Å². The van der Waals surface area contributed by atoms with Gasteiger partial charge in [0.25, 0.3) is 0 Å². The maximum absolute atomic E-state index is 11.0. The number of fused-ring (bicyclic) bond motifs is 2. The van der Waals surface area contributed by atoms with Crippen LogP contribution in [0.25, 0.3) is 0 Å². The highest BCUT2D eigenvalue weighted by molar-refractivity contribution is 7.79. The Morgan fingerprint density at radius 1 is 1.29 bits per heavy atom. The first kappa shape index (κ1) is 11.2. The van der Waals surface area contributed by atoms with Crippen LogP contribution in [0, 0.1) is 0 Å². The van der Waals surface area contributed by atoms with Crippen LogP contribution < -0.4 is 10.2 Å². The van der Waals surface area contributed by atoms with Crippen LogP contribution in [0.3, 0.4) is 0 Å². The van der Waals surface area contributed by atoms with E-state index in [1.54, 1.807) is 12.1 Å². The standard InChI is InChI=1S/C12H16N2O2S/c15-17(16)12-3-1-2-9(6-12)14-10-4-5-11(14)8-13-7-10/h1-3,6,10-11,13H,4-5,7-8H2,(H,15,16)/p-1. The molecule has 2 saturated heterocycles. The lowest BCUT2D eigenvalue weighted by atomic mass is 10.2. The second-order valence-corrected chi connectivity index (χ2v) is 5.62. The fourth-order valence-electron chi connectivity index (χ4n) is 2.95. The molecule has 1 aromatic rings. The number of anilines is 1. The van der Waals surface area contributed by atoms with Gasteiger partial charge in [-0.2, -0.15) is 0 Å². The molecule has 2 bridgehead atoms. The van der Waals surface area contributed by atoms with Gasteiger partial charge in [0.2, 0.25) is 0 Å². The van der Waals surface area contributed by atoms with Gasteiger partial charge >= 0.3 is 0 Å². The van der Waals surface area contributed by atoms with E-state index >= 15 is 0 Å². The summed E-state index contributed by atoms with van der Waals surface area (Å²) in [4.78, 5) is 2.76. The molecule has 17 heavy (non-hydrogen) atoms. The lowest BCUT2D eigenvalue weighted by Gasteiger charge is -2.37. The average Bonchev–Trinajstić information content (AvgIpc) is 2.59. The highest BCUT2D eigenvalue weighted by Gasteiger charge is 2.36. The molecule has 0 aromatic heterocycles. The summed E-state index contributed by atoms with van der Waals surface area (Å²) in [5, 5.41) is 3.42. The number of rotatable bonds is 2. The van der Waals surface area contributed by atoms with Gasteiger partial charge in [-0.15, -0.1) is 0 Å². The molecular weight excluding hydrogens is 236 g/mol. The minimum absolute atomic E-state index is 0.375. The molecule has 2 aliphatic heterocycles. The van der Waals surface area contributed by atoms with Crippen LogP contribution >= 0.6 is 0 Å². The number of benzene rings is 1. The largest absolute Gasteiger partial charge is 0.768 e. The summed E-state index contributed by atoms with van der Waals surface area (Å²) >= 11 is -2.14. The number of nitrogens with zero attached hydrogens (tertiary/aromatic N) is 1. The Kier molecular flexibility index (Phi) is 2.90. The second-order valence-electron chi connectivity index (χ2n) is 4.68. The summed E-state index contributed by atoms with van der Waals surface area (Å²) in [5.41, 5.74) is 1.04. The van der Waals surface area contributed by atoms with Gasteiger partial charge in [-0.3, -0.25) is 4.21 Å². The molecule has 5 heteroatoms. The van der Waals surface area contributed by atoms with Crippen molar-refractivity contribution in [1.29, 1.82) is 0 Å². The molecule has 1 aromatic carbocycles. The molecule has 0 saturated carbocycles.